The molecule has 6 rings (SSSR count). The summed E-state index contributed by atoms with van der Waals surface area (Å²) in [7, 11) is 4.39. The number of rotatable bonds is 15. The van der Waals surface area contributed by atoms with Gasteiger partial charge in [-0.15, -0.1) is 0 Å². The van der Waals surface area contributed by atoms with E-state index in [4.69, 9.17) is 0 Å². The fourth-order valence-electron chi connectivity index (χ4n) is 6.50. The molecule has 6 aromatic carbocycles. The molecule has 0 heterocycles. The summed E-state index contributed by atoms with van der Waals surface area (Å²) in [5, 5.41) is 0. The van der Waals surface area contributed by atoms with Gasteiger partial charge in [0.2, 0.25) is 0 Å². The molecule has 0 atom stereocenters. The van der Waals surface area contributed by atoms with Crippen LogP contribution in [0.4, 0.5) is 11.4 Å². The van der Waals surface area contributed by atoms with Crippen molar-refractivity contribution in [3.63, 3.8) is 0 Å². The molecule has 50 heavy (non-hydrogen) atoms. The van der Waals surface area contributed by atoms with Gasteiger partial charge in [0.25, 0.3) is 0 Å². The Kier molecular flexibility index (Phi) is 12.1. The predicted molar refractivity (Wildman–Crippen MR) is 217 cm³/mol. The first-order valence-electron chi connectivity index (χ1n) is 17.9. The minimum atomic E-state index is 1.00. The molecular weight excluding hydrogens is 605 g/mol. The van der Waals surface area contributed by atoms with Crippen molar-refractivity contribution in [1.29, 1.82) is 0 Å². The van der Waals surface area contributed by atoms with E-state index in [1.54, 1.807) is 0 Å². The molecule has 0 spiro atoms. The maximum absolute atomic E-state index is 2.40. The summed E-state index contributed by atoms with van der Waals surface area (Å²) in [6, 6.07) is 60.8. The van der Waals surface area contributed by atoms with Crippen molar-refractivity contribution >= 4 is 22.5 Å². The van der Waals surface area contributed by atoms with E-state index < -0.39 is 0 Å². The molecule has 0 aliphatic carbocycles. The second-order valence-electron chi connectivity index (χ2n) is 12.9. The lowest BCUT2D eigenvalue weighted by Gasteiger charge is -2.20. The second kappa shape index (κ2) is 17.7. The van der Waals surface area contributed by atoms with E-state index in [1.165, 1.54) is 55.9 Å². The van der Waals surface area contributed by atoms with Crippen molar-refractivity contribution in [3.05, 3.63) is 204 Å². The van der Waals surface area contributed by atoms with Gasteiger partial charge in [-0.2, -0.15) is 0 Å². The Labute approximate surface area is 299 Å². The molecule has 250 valence electrons. The Hall–Kier alpha value is -5.60. The third-order valence-corrected chi connectivity index (χ3v) is 9.38. The van der Waals surface area contributed by atoms with Crippen molar-refractivity contribution in [1.82, 2.24) is 0 Å². The lowest BCUT2D eigenvalue weighted by Crippen LogP contribution is -2.18. The molecular formula is C48H48N2. The molecule has 0 saturated heterocycles. The molecule has 6 aromatic rings. The minimum absolute atomic E-state index is 1.00. The van der Waals surface area contributed by atoms with Gasteiger partial charge in [0, 0.05) is 38.6 Å². The number of allylic oxidation sites excluding steroid dienone is 2. The number of benzene rings is 6. The average Bonchev–Trinajstić information content (AvgIpc) is 3.19. The van der Waals surface area contributed by atoms with Crippen LogP contribution in [0.5, 0.6) is 0 Å². The number of hydrogen-bond acceptors (Lipinski definition) is 2. The van der Waals surface area contributed by atoms with Crippen LogP contribution in [0.15, 0.2) is 182 Å². The van der Waals surface area contributed by atoms with Crippen molar-refractivity contribution in [2.24, 2.45) is 0 Å². The number of nitrogens with zero attached hydrogens (tertiary/aromatic N) is 2. The second-order valence-corrected chi connectivity index (χ2v) is 12.9. The molecule has 2 nitrogen and oxygen atoms in total. The molecule has 0 N–H and O–H groups in total. The summed E-state index contributed by atoms with van der Waals surface area (Å²) < 4.78 is 0. The predicted octanol–water partition coefficient (Wildman–Crippen LogP) is 12.1. The van der Waals surface area contributed by atoms with Gasteiger partial charge in [-0.05, 0) is 94.5 Å². The lowest BCUT2D eigenvalue weighted by atomic mass is 9.96. The van der Waals surface area contributed by atoms with Gasteiger partial charge in [0.1, 0.15) is 0 Å². The quantitative estimate of drug-likeness (QED) is 0.102. The van der Waals surface area contributed by atoms with Gasteiger partial charge in [0.15, 0.2) is 0 Å². The number of hydrogen-bond donors (Lipinski definition) is 0. The van der Waals surface area contributed by atoms with Gasteiger partial charge >= 0.3 is 0 Å². The molecule has 0 aliphatic rings. The topological polar surface area (TPSA) is 6.48 Å². The van der Waals surface area contributed by atoms with Crippen LogP contribution in [0.3, 0.4) is 0 Å². The van der Waals surface area contributed by atoms with Crippen LogP contribution in [0.25, 0.3) is 22.3 Å². The van der Waals surface area contributed by atoms with Crippen LogP contribution >= 0.6 is 0 Å². The largest absolute Gasteiger partial charge is 0.375 e. The van der Waals surface area contributed by atoms with Crippen LogP contribution in [0.2, 0.25) is 0 Å². The molecule has 0 saturated carbocycles. The van der Waals surface area contributed by atoms with Gasteiger partial charge in [-0.1, -0.05) is 158 Å². The van der Waals surface area contributed by atoms with E-state index in [-0.39, 0.29) is 0 Å². The fraction of sp³-hybridized carbons (Fsp3) is 0.167. The first-order valence-corrected chi connectivity index (χ1v) is 17.9. The molecule has 0 radical (unpaired) electrons. The molecule has 0 fully saturated rings. The molecule has 2 heteroatoms. The molecule has 0 amide bonds. The summed E-state index contributed by atoms with van der Waals surface area (Å²) in [6.07, 6.45) is 9.03. The van der Waals surface area contributed by atoms with E-state index in [0.29, 0.717) is 0 Å². The van der Waals surface area contributed by atoms with Crippen molar-refractivity contribution < 1.29 is 0 Å². The maximum Gasteiger partial charge on any atom is 0.0364 e. The van der Waals surface area contributed by atoms with E-state index in [9.17, 15) is 0 Å². The highest BCUT2D eigenvalue weighted by molar-refractivity contribution is 5.80. The van der Waals surface area contributed by atoms with Crippen LogP contribution < -0.4 is 9.80 Å². The average molecular weight is 653 g/mol. The highest BCUT2D eigenvalue weighted by atomic mass is 15.1. The Balaban J connectivity index is 0.999. The molecule has 0 unspecified atom stereocenters. The standard InChI is InChI=1S/C48H48N2/c1-49(37-17-15-27-47(41-19-7-3-8-20-41)42-21-9-4-10-22-42)45-33-29-39(30-34-45)40-31-35-46(36-32-40)50(2)38-18-16-28-48(43-23-11-5-12-24-43)44-25-13-6-14-26-44/h3-14,19-36H,15-18,37-38H2,1-2H3. The Morgan fingerprint density at radius 2 is 0.660 bits per heavy atom. The zero-order chi connectivity index (χ0) is 34.4. The zero-order valence-corrected chi connectivity index (χ0v) is 29.5. The van der Waals surface area contributed by atoms with E-state index >= 15 is 0 Å². The summed E-state index contributed by atoms with van der Waals surface area (Å²) in [6.45, 7) is 2.01. The Morgan fingerprint density at radius 3 is 0.940 bits per heavy atom. The van der Waals surface area contributed by atoms with Crippen LogP contribution in [-0.2, 0) is 0 Å². The zero-order valence-electron chi connectivity index (χ0n) is 29.5. The van der Waals surface area contributed by atoms with Crippen molar-refractivity contribution in [2.45, 2.75) is 25.7 Å². The normalized spacial score (nSPS) is 10.7. The number of unbranched alkanes of at least 4 members (excludes halogenated alkanes) is 2. The Morgan fingerprint density at radius 1 is 0.380 bits per heavy atom. The van der Waals surface area contributed by atoms with Gasteiger partial charge in [0.05, 0.1) is 0 Å². The fourth-order valence-corrected chi connectivity index (χ4v) is 6.50. The third-order valence-electron chi connectivity index (χ3n) is 9.38. The first-order chi connectivity index (χ1) is 24.7. The summed E-state index contributed by atoms with van der Waals surface area (Å²) >= 11 is 0. The minimum Gasteiger partial charge on any atom is -0.375 e. The van der Waals surface area contributed by atoms with Gasteiger partial charge in [-0.3, -0.25) is 0 Å². The van der Waals surface area contributed by atoms with Crippen LogP contribution in [-0.4, -0.2) is 27.2 Å². The van der Waals surface area contributed by atoms with E-state index in [1.807, 2.05) is 0 Å². The van der Waals surface area contributed by atoms with Gasteiger partial charge < -0.3 is 9.80 Å². The highest BCUT2D eigenvalue weighted by Crippen LogP contribution is 2.28. The van der Waals surface area contributed by atoms with E-state index in [2.05, 4.69) is 206 Å². The smallest absolute Gasteiger partial charge is 0.0364 e. The first kappa shape index (κ1) is 34.3. The van der Waals surface area contributed by atoms with Crippen LogP contribution in [0.1, 0.15) is 47.9 Å². The summed E-state index contributed by atoms with van der Waals surface area (Å²) in [5.41, 5.74) is 12.7. The van der Waals surface area contributed by atoms with Gasteiger partial charge in [-0.25, -0.2) is 0 Å². The maximum atomic E-state index is 2.40. The van der Waals surface area contributed by atoms with Crippen LogP contribution in [0, 0.1) is 0 Å². The SMILES string of the molecule is CN(CCCC=C(c1ccccc1)c1ccccc1)c1ccc(-c2ccc(N(C)CCCC=C(c3ccccc3)c3ccccc3)cc2)cc1. The molecule has 0 aromatic heterocycles. The highest BCUT2D eigenvalue weighted by Gasteiger charge is 2.08. The Bertz CT molecular complexity index is 1700. The summed E-state index contributed by atoms with van der Waals surface area (Å²) in [4.78, 5) is 4.72. The summed E-state index contributed by atoms with van der Waals surface area (Å²) in [5.74, 6) is 0. The van der Waals surface area contributed by atoms with Crippen molar-refractivity contribution in [3.8, 4) is 11.1 Å². The van der Waals surface area contributed by atoms with Crippen molar-refractivity contribution in [2.75, 3.05) is 37.0 Å². The van der Waals surface area contributed by atoms with E-state index in [0.717, 1.165) is 38.8 Å². The third kappa shape index (κ3) is 9.30. The molecule has 0 aliphatic heterocycles. The molecule has 0 bridgehead atoms. The number of anilines is 2. The lowest BCUT2D eigenvalue weighted by molar-refractivity contribution is 0.801. The monoisotopic (exact) mass is 652 g/mol.